The predicted octanol–water partition coefficient (Wildman–Crippen LogP) is 5.39. The first kappa shape index (κ1) is 16.8. The van der Waals surface area contributed by atoms with Gasteiger partial charge in [0.25, 0.3) is 0 Å². The second-order valence-electron chi connectivity index (χ2n) is 5.37. The fraction of sp³-hybridized carbons (Fsp3) is 0.158. The van der Waals surface area contributed by atoms with Gasteiger partial charge < -0.3 is 4.74 Å². The number of ketones is 1. The van der Waals surface area contributed by atoms with Crippen molar-refractivity contribution < 1.29 is 9.53 Å². The maximum atomic E-state index is 11.3. The van der Waals surface area contributed by atoms with Gasteiger partial charge in [-0.25, -0.2) is 4.98 Å². The number of Topliss-reactive ketones (excluding diaryl/α,β-unsaturated/α-hetero) is 1. The van der Waals surface area contributed by atoms with E-state index in [2.05, 4.69) is 11.1 Å². The fourth-order valence-corrected chi connectivity index (χ4v) is 2.98. The van der Waals surface area contributed by atoms with E-state index in [0.29, 0.717) is 23.1 Å². The van der Waals surface area contributed by atoms with E-state index in [-0.39, 0.29) is 5.78 Å². The number of aromatic nitrogens is 1. The molecule has 3 nitrogen and oxygen atoms in total. The number of pyridine rings is 1. The summed E-state index contributed by atoms with van der Waals surface area (Å²) in [7, 11) is 0. The summed E-state index contributed by atoms with van der Waals surface area (Å²) < 4.78 is 5.76. The Morgan fingerprint density at radius 1 is 1.17 bits per heavy atom. The van der Waals surface area contributed by atoms with Gasteiger partial charge in [0.15, 0.2) is 5.78 Å². The van der Waals surface area contributed by atoms with Gasteiger partial charge in [-0.3, -0.25) is 4.79 Å². The van der Waals surface area contributed by atoms with Crippen molar-refractivity contribution in [3.05, 3.63) is 64.8 Å². The van der Waals surface area contributed by atoms with Crippen molar-refractivity contribution in [1.29, 1.82) is 0 Å². The third-order valence-corrected chi connectivity index (χ3v) is 4.76. The number of halogens is 1. The lowest BCUT2D eigenvalue weighted by Crippen LogP contribution is -1.99. The van der Waals surface area contributed by atoms with E-state index in [1.54, 1.807) is 43.0 Å². The number of ether oxygens (including phenoxy) is 1. The molecular weight excluding hydrogens is 342 g/mol. The molecule has 0 saturated heterocycles. The van der Waals surface area contributed by atoms with Crippen molar-refractivity contribution in [1.82, 2.24) is 4.98 Å². The van der Waals surface area contributed by atoms with Crippen LogP contribution in [0.2, 0.25) is 5.15 Å². The molecule has 0 unspecified atom stereocenters. The van der Waals surface area contributed by atoms with Crippen molar-refractivity contribution in [2.24, 2.45) is 0 Å². The number of hydrogen-bond donors (Lipinski definition) is 0. The number of fused-ring (bicyclic) bond motifs is 1. The quantitative estimate of drug-likeness (QED) is 0.348. The fourth-order valence-electron chi connectivity index (χ4n) is 2.34. The minimum absolute atomic E-state index is 0.0351. The number of carbonyl (C=O) groups excluding carboxylic acids is 1. The topological polar surface area (TPSA) is 39.2 Å². The molecule has 3 rings (SSSR count). The van der Waals surface area contributed by atoms with Crippen molar-refractivity contribution in [3.63, 3.8) is 0 Å². The van der Waals surface area contributed by atoms with Gasteiger partial charge in [0.2, 0.25) is 0 Å². The van der Waals surface area contributed by atoms with Gasteiger partial charge in [-0.2, -0.15) is 0 Å². The molecule has 122 valence electrons. The Morgan fingerprint density at radius 2 is 1.92 bits per heavy atom. The Bertz CT molecular complexity index is 894. The van der Waals surface area contributed by atoms with Crippen molar-refractivity contribution in [2.75, 3.05) is 6.26 Å². The number of nitrogens with zero attached hydrogens (tertiary/aromatic N) is 1. The van der Waals surface area contributed by atoms with Crippen LogP contribution in [0.5, 0.6) is 5.75 Å². The maximum absolute atomic E-state index is 11.3. The van der Waals surface area contributed by atoms with E-state index in [1.807, 2.05) is 24.5 Å². The van der Waals surface area contributed by atoms with E-state index in [1.165, 1.54) is 0 Å². The molecule has 3 aromatic rings. The zero-order valence-corrected chi connectivity index (χ0v) is 14.9. The highest BCUT2D eigenvalue weighted by Gasteiger charge is 2.07. The molecule has 0 saturated carbocycles. The average molecular weight is 358 g/mol. The number of hydrogen-bond acceptors (Lipinski definition) is 4. The molecule has 0 fully saturated rings. The lowest BCUT2D eigenvalue weighted by molar-refractivity contribution is 0.101. The summed E-state index contributed by atoms with van der Waals surface area (Å²) in [6.45, 7) is 1.87. The Morgan fingerprint density at radius 3 is 2.58 bits per heavy atom. The van der Waals surface area contributed by atoms with Gasteiger partial charge in [-0.1, -0.05) is 17.7 Å². The number of carbonyl (C=O) groups is 1. The number of benzene rings is 2. The Balaban J connectivity index is 1.79. The third-order valence-electron chi connectivity index (χ3n) is 3.71. The Kier molecular flexibility index (Phi) is 5.07. The summed E-state index contributed by atoms with van der Waals surface area (Å²) in [4.78, 5) is 16.9. The van der Waals surface area contributed by atoms with Gasteiger partial charge in [0.1, 0.15) is 17.5 Å². The molecule has 0 N–H and O–H groups in total. The van der Waals surface area contributed by atoms with Crippen LogP contribution in [-0.2, 0) is 6.61 Å². The van der Waals surface area contributed by atoms with Crippen LogP contribution in [0.25, 0.3) is 10.9 Å². The van der Waals surface area contributed by atoms with Crippen LogP contribution in [0.4, 0.5) is 0 Å². The molecule has 1 aromatic heterocycles. The first-order chi connectivity index (χ1) is 11.6. The molecule has 0 amide bonds. The van der Waals surface area contributed by atoms with E-state index in [9.17, 15) is 4.79 Å². The smallest absolute Gasteiger partial charge is 0.159 e. The standard InChI is InChI=1S/C19H16ClNO2S/c1-12(22)13-3-6-16(7-4-13)23-11-15-9-14-5-8-17(24-2)10-18(14)21-19(15)20/h3-10H,11H2,1-2H3. The second kappa shape index (κ2) is 7.24. The number of thioether (sulfide) groups is 1. The molecule has 1 heterocycles. The van der Waals surface area contributed by atoms with Crippen LogP contribution in [0.15, 0.2) is 53.4 Å². The van der Waals surface area contributed by atoms with E-state index < -0.39 is 0 Å². The third kappa shape index (κ3) is 3.71. The molecule has 0 spiro atoms. The normalized spacial score (nSPS) is 10.8. The van der Waals surface area contributed by atoms with Gasteiger partial charge in [0, 0.05) is 21.4 Å². The predicted molar refractivity (Wildman–Crippen MR) is 99.3 cm³/mol. The molecular formula is C19H16ClNO2S. The minimum Gasteiger partial charge on any atom is -0.489 e. The van der Waals surface area contributed by atoms with E-state index in [4.69, 9.17) is 16.3 Å². The zero-order valence-electron chi connectivity index (χ0n) is 13.4. The number of rotatable bonds is 5. The molecule has 0 radical (unpaired) electrons. The second-order valence-corrected chi connectivity index (χ2v) is 6.60. The molecule has 0 aliphatic heterocycles. The molecule has 2 aromatic carbocycles. The summed E-state index contributed by atoms with van der Waals surface area (Å²) in [5, 5.41) is 1.48. The highest BCUT2D eigenvalue weighted by Crippen LogP contribution is 2.26. The zero-order chi connectivity index (χ0) is 17.1. The van der Waals surface area contributed by atoms with Gasteiger partial charge in [-0.15, -0.1) is 11.8 Å². The summed E-state index contributed by atoms with van der Waals surface area (Å²) in [6.07, 6.45) is 2.03. The molecule has 0 aliphatic rings. The minimum atomic E-state index is 0.0351. The lowest BCUT2D eigenvalue weighted by atomic mass is 10.1. The molecule has 0 atom stereocenters. The average Bonchev–Trinajstić information content (AvgIpc) is 2.59. The maximum Gasteiger partial charge on any atom is 0.159 e. The van der Waals surface area contributed by atoms with Crippen LogP contribution < -0.4 is 4.74 Å². The molecule has 0 bridgehead atoms. The van der Waals surface area contributed by atoms with Crippen LogP contribution in [-0.4, -0.2) is 17.0 Å². The first-order valence-electron chi connectivity index (χ1n) is 7.44. The summed E-state index contributed by atoms with van der Waals surface area (Å²) in [5.41, 5.74) is 2.37. The Labute approximate surface area is 150 Å². The lowest BCUT2D eigenvalue weighted by Gasteiger charge is -2.09. The monoisotopic (exact) mass is 357 g/mol. The van der Waals surface area contributed by atoms with Crippen molar-refractivity contribution in [3.8, 4) is 5.75 Å². The van der Waals surface area contributed by atoms with E-state index in [0.717, 1.165) is 21.4 Å². The van der Waals surface area contributed by atoms with Gasteiger partial charge in [0.05, 0.1) is 5.52 Å². The van der Waals surface area contributed by atoms with Crippen molar-refractivity contribution >= 4 is 40.0 Å². The van der Waals surface area contributed by atoms with Gasteiger partial charge in [-0.05, 0) is 55.6 Å². The van der Waals surface area contributed by atoms with Crippen LogP contribution in [0.1, 0.15) is 22.8 Å². The highest BCUT2D eigenvalue weighted by molar-refractivity contribution is 7.98. The van der Waals surface area contributed by atoms with E-state index >= 15 is 0 Å². The SMILES string of the molecule is CSc1ccc2cc(COc3ccc(C(C)=O)cc3)c(Cl)nc2c1. The Hall–Kier alpha value is -2.04. The summed E-state index contributed by atoms with van der Waals surface area (Å²) in [6, 6.07) is 15.2. The van der Waals surface area contributed by atoms with Crippen LogP contribution in [0.3, 0.4) is 0 Å². The van der Waals surface area contributed by atoms with Crippen LogP contribution >= 0.6 is 23.4 Å². The first-order valence-corrected chi connectivity index (χ1v) is 9.04. The van der Waals surface area contributed by atoms with Crippen molar-refractivity contribution in [2.45, 2.75) is 18.4 Å². The molecule has 24 heavy (non-hydrogen) atoms. The summed E-state index contributed by atoms with van der Waals surface area (Å²) >= 11 is 7.96. The molecule has 5 heteroatoms. The summed E-state index contributed by atoms with van der Waals surface area (Å²) in [5.74, 6) is 0.724. The largest absolute Gasteiger partial charge is 0.489 e. The van der Waals surface area contributed by atoms with Gasteiger partial charge >= 0.3 is 0 Å². The highest BCUT2D eigenvalue weighted by atomic mass is 35.5. The molecule has 0 aliphatic carbocycles. The van der Waals surface area contributed by atoms with Crippen LogP contribution in [0, 0.1) is 0 Å².